The van der Waals surface area contributed by atoms with Crippen molar-refractivity contribution in [3.63, 3.8) is 0 Å². The molecule has 0 amide bonds. The zero-order chi connectivity index (χ0) is 12.1. The predicted octanol–water partition coefficient (Wildman–Crippen LogP) is 0.148. The second-order valence-corrected chi connectivity index (χ2v) is 5.10. The van der Waals surface area contributed by atoms with E-state index in [4.69, 9.17) is 14.2 Å². The van der Waals surface area contributed by atoms with Crippen molar-refractivity contribution in [2.75, 3.05) is 19.8 Å². The number of unbranched alkanes of at least 4 members (excludes halogenated alkanes) is 1. The van der Waals surface area contributed by atoms with Gasteiger partial charge in [0.2, 0.25) is 0 Å². The van der Waals surface area contributed by atoms with E-state index in [2.05, 4.69) is 13.8 Å². The first-order valence-electron chi connectivity index (χ1n) is 6.25. The van der Waals surface area contributed by atoms with E-state index in [0.29, 0.717) is 6.61 Å². The molecule has 0 radical (unpaired) electrons. The molecule has 0 aromatic heterocycles. The molecule has 1 rings (SSSR count). The zero-order valence-corrected chi connectivity index (χ0v) is 12.0. The molecule has 1 fully saturated rings. The first kappa shape index (κ1) is 17.5. The van der Waals surface area contributed by atoms with Gasteiger partial charge in [0.1, 0.15) is 0 Å². The van der Waals surface area contributed by atoms with Gasteiger partial charge in [0.25, 0.3) is 0 Å². The molecule has 1 aliphatic heterocycles. The van der Waals surface area contributed by atoms with E-state index < -0.39 is 5.79 Å². The fourth-order valence-corrected chi connectivity index (χ4v) is 1.56. The summed E-state index contributed by atoms with van der Waals surface area (Å²) in [5.41, 5.74) is 0.0275. The minimum atomic E-state index is -0.439. The smallest absolute Gasteiger partial charge is 0.551 e. The molecule has 0 bridgehead atoms. The molecule has 1 aliphatic rings. The second-order valence-electron chi connectivity index (χ2n) is 5.10. The van der Waals surface area contributed by atoms with Gasteiger partial charge < -0.3 is 14.2 Å². The minimum absolute atomic E-state index is 0. The third-order valence-electron chi connectivity index (χ3n) is 3.12. The van der Waals surface area contributed by atoms with Crippen LogP contribution in [0.25, 0.3) is 0 Å². The van der Waals surface area contributed by atoms with Gasteiger partial charge in [0.05, 0.1) is 13.2 Å². The van der Waals surface area contributed by atoms with Crippen molar-refractivity contribution in [2.45, 2.75) is 52.7 Å². The number of ether oxygens (including phenoxy) is 3. The Bertz CT molecular complexity index is 197. The van der Waals surface area contributed by atoms with Crippen molar-refractivity contribution in [1.29, 1.82) is 0 Å². The zero-order valence-electron chi connectivity index (χ0n) is 12.0. The van der Waals surface area contributed by atoms with Gasteiger partial charge in [0, 0.05) is 12.0 Å². The molecule has 96 valence electrons. The monoisotopic (exact) mass is 236 g/mol. The fourth-order valence-electron chi connectivity index (χ4n) is 1.56. The normalized spacial score (nSPS) is 21.9. The van der Waals surface area contributed by atoms with E-state index in [1.165, 1.54) is 0 Å². The average molecular weight is 236 g/mol. The van der Waals surface area contributed by atoms with Gasteiger partial charge in [0.15, 0.2) is 5.79 Å². The van der Waals surface area contributed by atoms with Crippen molar-refractivity contribution in [3.8, 4) is 0 Å². The Kier molecular flexibility index (Phi) is 8.03. The maximum atomic E-state index is 5.71. The summed E-state index contributed by atoms with van der Waals surface area (Å²) in [5, 5.41) is 0. The SMILES string of the molecule is CCC[CH-]OCC1(CC)COC(C)(C)OC1.[Li+]. The van der Waals surface area contributed by atoms with Crippen LogP contribution in [-0.2, 0) is 14.2 Å². The van der Waals surface area contributed by atoms with Gasteiger partial charge in [-0.2, -0.15) is 6.42 Å². The summed E-state index contributed by atoms with van der Waals surface area (Å²) in [6.45, 7) is 12.2. The molecule has 17 heavy (non-hydrogen) atoms. The molecule has 0 aliphatic carbocycles. The van der Waals surface area contributed by atoms with Gasteiger partial charge in [-0.15, -0.1) is 0 Å². The molecule has 1 saturated heterocycles. The van der Waals surface area contributed by atoms with E-state index in [1.807, 2.05) is 20.5 Å². The number of hydrogen-bond donors (Lipinski definition) is 0. The van der Waals surface area contributed by atoms with Crippen molar-refractivity contribution in [1.82, 2.24) is 0 Å². The van der Waals surface area contributed by atoms with Crippen LogP contribution in [0, 0.1) is 12.0 Å². The van der Waals surface area contributed by atoms with E-state index in [1.54, 1.807) is 0 Å². The van der Waals surface area contributed by atoms with E-state index in [9.17, 15) is 0 Å². The van der Waals surface area contributed by atoms with E-state index in [-0.39, 0.29) is 24.3 Å². The predicted molar refractivity (Wildman–Crippen MR) is 63.9 cm³/mol. The van der Waals surface area contributed by atoms with E-state index >= 15 is 0 Å². The van der Waals surface area contributed by atoms with Gasteiger partial charge in [-0.3, -0.25) is 0 Å². The van der Waals surface area contributed by atoms with Crippen LogP contribution in [0.2, 0.25) is 0 Å². The summed E-state index contributed by atoms with van der Waals surface area (Å²) in [7, 11) is 0. The summed E-state index contributed by atoms with van der Waals surface area (Å²) in [5.74, 6) is -0.439. The summed E-state index contributed by atoms with van der Waals surface area (Å²) in [6.07, 6.45) is 3.15. The minimum Gasteiger partial charge on any atom is -0.551 e. The fraction of sp³-hybridized carbons (Fsp3) is 0.923. The molecular weight excluding hydrogens is 211 g/mol. The standard InChI is InChI=1S/C13H25O3.Li/c1-5-7-8-14-9-13(6-2)10-15-12(3,4)16-11-13;/h8H,5-7,9-11H2,1-4H3;/q-1;+1. The second kappa shape index (κ2) is 7.81. The number of rotatable bonds is 6. The third-order valence-corrected chi connectivity index (χ3v) is 3.12. The van der Waals surface area contributed by atoms with Crippen molar-refractivity contribution in [3.05, 3.63) is 6.61 Å². The Morgan fingerprint density at radius 3 is 2.24 bits per heavy atom. The molecule has 0 N–H and O–H groups in total. The third kappa shape index (κ3) is 5.76. The van der Waals surface area contributed by atoms with Gasteiger partial charge >= 0.3 is 18.9 Å². The van der Waals surface area contributed by atoms with Crippen LogP contribution in [0.5, 0.6) is 0 Å². The van der Waals surface area contributed by atoms with Crippen molar-refractivity contribution >= 4 is 0 Å². The van der Waals surface area contributed by atoms with Crippen LogP contribution >= 0.6 is 0 Å². The molecule has 0 unspecified atom stereocenters. The van der Waals surface area contributed by atoms with Crippen LogP contribution in [-0.4, -0.2) is 25.6 Å². The molecule has 0 atom stereocenters. The molecule has 3 nitrogen and oxygen atoms in total. The van der Waals surface area contributed by atoms with Crippen molar-refractivity contribution < 1.29 is 33.1 Å². The Morgan fingerprint density at radius 2 is 1.76 bits per heavy atom. The molecule has 0 saturated carbocycles. The quantitative estimate of drug-likeness (QED) is 0.373. The summed E-state index contributed by atoms with van der Waals surface area (Å²) >= 11 is 0. The molecule has 0 aromatic carbocycles. The average Bonchev–Trinajstić information content (AvgIpc) is 2.27. The van der Waals surface area contributed by atoms with Crippen molar-refractivity contribution in [2.24, 2.45) is 5.41 Å². The van der Waals surface area contributed by atoms with Crippen LogP contribution in [0.1, 0.15) is 47.0 Å². The molecule has 0 aromatic rings. The Morgan fingerprint density at radius 1 is 1.18 bits per heavy atom. The van der Waals surface area contributed by atoms with Gasteiger partial charge in [-0.05, 0) is 20.3 Å². The largest absolute Gasteiger partial charge is 1.00 e. The first-order chi connectivity index (χ1) is 7.54. The van der Waals surface area contributed by atoms with Crippen LogP contribution < -0.4 is 18.9 Å². The maximum absolute atomic E-state index is 5.71. The molecular formula is C13H25LiO3. The molecule has 0 spiro atoms. The topological polar surface area (TPSA) is 27.7 Å². The van der Waals surface area contributed by atoms with Crippen LogP contribution in [0.4, 0.5) is 0 Å². The van der Waals surface area contributed by atoms with Crippen LogP contribution in [0.15, 0.2) is 0 Å². The first-order valence-corrected chi connectivity index (χ1v) is 6.25. The van der Waals surface area contributed by atoms with Gasteiger partial charge in [-0.1, -0.05) is 20.3 Å². The molecule has 4 heteroatoms. The summed E-state index contributed by atoms with van der Waals surface area (Å²) in [4.78, 5) is 0. The Hall–Kier alpha value is 0.477. The van der Waals surface area contributed by atoms with E-state index in [0.717, 1.165) is 32.5 Å². The Balaban J connectivity index is 0.00000256. The van der Waals surface area contributed by atoms with Crippen LogP contribution in [0.3, 0.4) is 0 Å². The summed E-state index contributed by atoms with van der Waals surface area (Å²) in [6, 6.07) is 0. The molecule has 1 heterocycles. The Labute approximate surface area is 118 Å². The maximum Gasteiger partial charge on any atom is 1.00 e. The summed E-state index contributed by atoms with van der Waals surface area (Å²) < 4.78 is 17.0. The van der Waals surface area contributed by atoms with Gasteiger partial charge in [-0.25, -0.2) is 6.61 Å². The number of hydrogen-bond acceptors (Lipinski definition) is 3.